The molecule has 0 bridgehead atoms. The highest BCUT2D eigenvalue weighted by atomic mass is 32.2. The predicted molar refractivity (Wildman–Crippen MR) is 102 cm³/mol. The number of hydrogen-bond donors (Lipinski definition) is 3. The SMILES string of the molecule is CC[C@@H](C)[C@H](NC(=O)NC1CCS(=O)(=O)C1)C(=O)Nc1nc(C)c(C)s1. The normalized spacial score (nSPS) is 21.0. The molecule has 0 radical (unpaired) electrons. The van der Waals surface area contributed by atoms with Crippen LogP contribution in [0.2, 0.25) is 0 Å². The average molecular weight is 403 g/mol. The van der Waals surface area contributed by atoms with Gasteiger partial charge in [0.05, 0.1) is 17.2 Å². The lowest BCUT2D eigenvalue weighted by molar-refractivity contribution is -0.119. The van der Waals surface area contributed by atoms with Gasteiger partial charge in [-0.1, -0.05) is 20.3 Å². The van der Waals surface area contributed by atoms with Crippen molar-refractivity contribution in [2.45, 2.75) is 52.6 Å². The number of aromatic nitrogens is 1. The van der Waals surface area contributed by atoms with E-state index in [1.807, 2.05) is 27.7 Å². The van der Waals surface area contributed by atoms with Crippen LogP contribution in [0.3, 0.4) is 0 Å². The molecule has 3 atom stereocenters. The van der Waals surface area contributed by atoms with Crippen molar-refractivity contribution in [3.05, 3.63) is 10.6 Å². The first-order valence-corrected chi connectivity index (χ1v) is 11.3. The lowest BCUT2D eigenvalue weighted by Crippen LogP contribution is -2.53. The number of sulfone groups is 1. The Bertz CT molecular complexity index is 756. The van der Waals surface area contributed by atoms with Crippen LogP contribution in [0.1, 0.15) is 37.3 Å². The summed E-state index contributed by atoms with van der Waals surface area (Å²) in [4.78, 5) is 30.2. The summed E-state index contributed by atoms with van der Waals surface area (Å²) >= 11 is 1.39. The van der Waals surface area contributed by atoms with Gasteiger partial charge in [0, 0.05) is 10.9 Å². The summed E-state index contributed by atoms with van der Waals surface area (Å²) in [7, 11) is -3.08. The van der Waals surface area contributed by atoms with Crippen molar-refractivity contribution in [3.8, 4) is 0 Å². The van der Waals surface area contributed by atoms with Crippen LogP contribution < -0.4 is 16.0 Å². The molecule has 1 fully saturated rings. The van der Waals surface area contributed by atoms with Crippen LogP contribution in [-0.4, -0.2) is 48.9 Å². The third-order valence-electron chi connectivity index (χ3n) is 4.61. The zero-order valence-corrected chi connectivity index (χ0v) is 17.1. The van der Waals surface area contributed by atoms with Crippen LogP contribution in [0.15, 0.2) is 0 Å². The van der Waals surface area contributed by atoms with Gasteiger partial charge in [0.25, 0.3) is 0 Å². The van der Waals surface area contributed by atoms with E-state index < -0.39 is 28.0 Å². The maximum atomic E-state index is 12.6. The van der Waals surface area contributed by atoms with Crippen molar-refractivity contribution in [3.63, 3.8) is 0 Å². The number of hydrogen-bond acceptors (Lipinski definition) is 6. The molecular formula is C16H26N4O4S2. The molecule has 3 amide bonds. The summed E-state index contributed by atoms with van der Waals surface area (Å²) in [6.45, 7) is 7.61. The molecule has 3 N–H and O–H groups in total. The molecule has 1 saturated heterocycles. The fourth-order valence-corrected chi connectivity index (χ4v) is 5.18. The van der Waals surface area contributed by atoms with Gasteiger partial charge < -0.3 is 16.0 Å². The van der Waals surface area contributed by atoms with Crippen LogP contribution in [0, 0.1) is 19.8 Å². The van der Waals surface area contributed by atoms with Crippen molar-refractivity contribution in [2.75, 3.05) is 16.8 Å². The molecule has 26 heavy (non-hydrogen) atoms. The van der Waals surface area contributed by atoms with Crippen LogP contribution >= 0.6 is 11.3 Å². The minimum Gasteiger partial charge on any atom is -0.334 e. The van der Waals surface area contributed by atoms with E-state index in [1.54, 1.807) is 0 Å². The fraction of sp³-hybridized carbons (Fsp3) is 0.688. The minimum atomic E-state index is -3.08. The van der Waals surface area contributed by atoms with E-state index in [1.165, 1.54) is 11.3 Å². The summed E-state index contributed by atoms with van der Waals surface area (Å²) in [5.41, 5.74) is 0.860. The maximum Gasteiger partial charge on any atom is 0.315 e. The molecule has 146 valence electrons. The molecule has 0 spiro atoms. The van der Waals surface area contributed by atoms with Gasteiger partial charge in [-0.05, 0) is 26.2 Å². The van der Waals surface area contributed by atoms with E-state index in [9.17, 15) is 18.0 Å². The quantitative estimate of drug-likeness (QED) is 0.668. The first-order valence-electron chi connectivity index (χ1n) is 8.63. The number of aryl methyl sites for hydroxylation is 2. The van der Waals surface area contributed by atoms with Crippen molar-refractivity contribution in [2.24, 2.45) is 5.92 Å². The number of urea groups is 1. The summed E-state index contributed by atoms with van der Waals surface area (Å²) in [6, 6.07) is -1.67. The zero-order chi connectivity index (χ0) is 19.5. The predicted octanol–water partition coefficient (Wildman–Crippen LogP) is 1.60. The highest BCUT2D eigenvalue weighted by Gasteiger charge is 2.31. The summed E-state index contributed by atoms with van der Waals surface area (Å²) < 4.78 is 23.0. The Labute approximate surface area is 158 Å². The van der Waals surface area contributed by atoms with Crippen molar-refractivity contribution in [1.29, 1.82) is 0 Å². The lowest BCUT2D eigenvalue weighted by Gasteiger charge is -2.24. The van der Waals surface area contributed by atoms with Gasteiger partial charge in [0.15, 0.2) is 15.0 Å². The number of thiazole rings is 1. The highest BCUT2D eigenvalue weighted by Crippen LogP contribution is 2.22. The van der Waals surface area contributed by atoms with Crippen molar-refractivity contribution < 1.29 is 18.0 Å². The van der Waals surface area contributed by atoms with Gasteiger partial charge in [-0.2, -0.15) is 0 Å². The third-order valence-corrected chi connectivity index (χ3v) is 7.36. The van der Waals surface area contributed by atoms with Crippen LogP contribution in [0.5, 0.6) is 0 Å². The Kier molecular flexibility index (Phi) is 6.62. The van der Waals surface area contributed by atoms with E-state index >= 15 is 0 Å². The Morgan fingerprint density at radius 1 is 1.35 bits per heavy atom. The monoisotopic (exact) mass is 402 g/mol. The minimum absolute atomic E-state index is 0.0573. The van der Waals surface area contributed by atoms with Gasteiger partial charge in [-0.25, -0.2) is 18.2 Å². The number of anilines is 1. The molecule has 1 aromatic heterocycles. The van der Waals surface area contributed by atoms with E-state index in [4.69, 9.17) is 0 Å². The van der Waals surface area contributed by atoms with E-state index in [0.717, 1.165) is 10.6 Å². The molecule has 2 heterocycles. The molecule has 1 aromatic rings. The van der Waals surface area contributed by atoms with Crippen LogP contribution in [0.4, 0.5) is 9.93 Å². The summed E-state index contributed by atoms with van der Waals surface area (Å²) in [5.74, 6) is -0.397. The fourth-order valence-electron chi connectivity index (χ4n) is 2.69. The Balaban J connectivity index is 1.99. The first-order chi connectivity index (χ1) is 12.1. The van der Waals surface area contributed by atoms with Gasteiger partial charge in [-0.15, -0.1) is 11.3 Å². The molecule has 0 aromatic carbocycles. The molecule has 8 nitrogen and oxygen atoms in total. The van der Waals surface area contributed by atoms with Gasteiger partial charge in [-0.3, -0.25) is 4.79 Å². The van der Waals surface area contributed by atoms with E-state index in [-0.39, 0.29) is 23.3 Å². The first kappa shape index (κ1) is 20.6. The second-order valence-corrected chi connectivity index (χ2v) is 10.2. The van der Waals surface area contributed by atoms with E-state index in [2.05, 4.69) is 20.9 Å². The highest BCUT2D eigenvalue weighted by molar-refractivity contribution is 7.91. The molecular weight excluding hydrogens is 376 g/mol. The molecule has 0 aliphatic carbocycles. The van der Waals surface area contributed by atoms with Gasteiger partial charge in [0.2, 0.25) is 5.91 Å². The molecule has 1 aliphatic rings. The standard InChI is InChI=1S/C16H26N4O4S2/c1-5-9(2)13(14(21)20-16-17-10(3)11(4)25-16)19-15(22)18-12-6-7-26(23,24)8-12/h9,12-13H,5-8H2,1-4H3,(H,17,20,21)(H2,18,19,22)/t9-,12?,13+/m1/s1. The zero-order valence-electron chi connectivity index (χ0n) is 15.5. The van der Waals surface area contributed by atoms with Gasteiger partial charge >= 0.3 is 6.03 Å². The van der Waals surface area contributed by atoms with E-state index in [0.29, 0.717) is 18.0 Å². The number of nitrogens with one attached hydrogen (secondary N) is 3. The van der Waals surface area contributed by atoms with Crippen LogP contribution in [-0.2, 0) is 14.6 Å². The summed E-state index contributed by atoms with van der Waals surface area (Å²) in [6.07, 6.45) is 1.10. The maximum absolute atomic E-state index is 12.6. The topological polar surface area (TPSA) is 117 Å². The Morgan fingerprint density at radius 3 is 2.54 bits per heavy atom. The van der Waals surface area contributed by atoms with Gasteiger partial charge in [0.1, 0.15) is 6.04 Å². The molecule has 1 aliphatic heterocycles. The van der Waals surface area contributed by atoms with Crippen molar-refractivity contribution >= 4 is 38.2 Å². The number of carbonyl (C=O) groups excluding carboxylic acids is 2. The van der Waals surface area contributed by atoms with Crippen LogP contribution in [0.25, 0.3) is 0 Å². The number of carbonyl (C=O) groups is 2. The average Bonchev–Trinajstić information content (AvgIpc) is 3.05. The Morgan fingerprint density at radius 2 is 2.04 bits per heavy atom. The largest absolute Gasteiger partial charge is 0.334 e. The second-order valence-electron chi connectivity index (χ2n) is 6.73. The molecule has 1 unspecified atom stereocenters. The molecule has 0 saturated carbocycles. The number of rotatable bonds is 6. The lowest BCUT2D eigenvalue weighted by atomic mass is 9.98. The van der Waals surface area contributed by atoms with Crippen molar-refractivity contribution in [1.82, 2.24) is 15.6 Å². The summed E-state index contributed by atoms with van der Waals surface area (Å²) in [5, 5.41) is 8.60. The number of amides is 3. The molecule has 10 heteroatoms. The second kappa shape index (κ2) is 8.34. The Hall–Kier alpha value is -1.68. The smallest absolute Gasteiger partial charge is 0.315 e. The molecule has 2 rings (SSSR count). The third kappa shape index (κ3) is 5.41. The number of nitrogens with zero attached hydrogens (tertiary/aromatic N) is 1.